The maximum atomic E-state index is 5.86. The molecule has 2 unspecified atom stereocenters. The average Bonchev–Trinajstić information content (AvgIpc) is 2.48. The lowest BCUT2D eigenvalue weighted by atomic mass is 9.96. The van der Waals surface area contributed by atoms with Crippen molar-refractivity contribution < 1.29 is 4.74 Å². The van der Waals surface area contributed by atoms with Crippen LogP contribution < -0.4 is 15.5 Å². The third kappa shape index (κ3) is 3.53. The van der Waals surface area contributed by atoms with E-state index in [1.54, 1.807) is 7.11 Å². The average molecular weight is 294 g/mol. The van der Waals surface area contributed by atoms with E-state index in [0.29, 0.717) is 17.8 Å². The van der Waals surface area contributed by atoms with Gasteiger partial charge >= 0.3 is 0 Å². The molecule has 0 radical (unpaired) electrons. The van der Waals surface area contributed by atoms with Crippen LogP contribution in [0.4, 0.5) is 17.8 Å². The van der Waals surface area contributed by atoms with Crippen LogP contribution in [0.15, 0.2) is 0 Å². The number of nitrogen functional groups attached to an aromatic ring is 1. The summed E-state index contributed by atoms with van der Waals surface area (Å²) in [6.45, 7) is 9.77. The van der Waals surface area contributed by atoms with E-state index in [-0.39, 0.29) is 12.1 Å². The van der Waals surface area contributed by atoms with Crippen LogP contribution in [0.3, 0.4) is 0 Å². The van der Waals surface area contributed by atoms with E-state index in [1.807, 2.05) is 0 Å². The Kier molecular flexibility index (Phi) is 5.17. The fraction of sp³-hybridized carbons (Fsp3) is 0.786. The molecule has 2 atom stereocenters. The third-order valence-corrected chi connectivity index (χ3v) is 4.15. The zero-order valence-electron chi connectivity index (χ0n) is 13.4. The summed E-state index contributed by atoms with van der Waals surface area (Å²) in [7, 11) is 1.76. The zero-order valence-corrected chi connectivity index (χ0v) is 13.4. The number of hydrogen-bond donors (Lipinski definition) is 1. The fourth-order valence-electron chi connectivity index (χ4n) is 2.68. The van der Waals surface area contributed by atoms with E-state index in [0.717, 1.165) is 32.6 Å². The van der Waals surface area contributed by atoms with Crippen molar-refractivity contribution in [1.82, 2.24) is 15.0 Å². The molecule has 1 aromatic heterocycles. The smallest absolute Gasteiger partial charge is 0.232 e. The summed E-state index contributed by atoms with van der Waals surface area (Å²) < 4.78 is 5.55. The van der Waals surface area contributed by atoms with Gasteiger partial charge < -0.3 is 20.3 Å². The van der Waals surface area contributed by atoms with Crippen LogP contribution in [0.25, 0.3) is 0 Å². The Morgan fingerprint density at radius 3 is 2.62 bits per heavy atom. The number of rotatable bonds is 5. The van der Waals surface area contributed by atoms with Gasteiger partial charge in [0.25, 0.3) is 0 Å². The lowest BCUT2D eigenvalue weighted by molar-refractivity contribution is 0.0494. The van der Waals surface area contributed by atoms with Crippen molar-refractivity contribution in [2.75, 3.05) is 48.8 Å². The summed E-state index contributed by atoms with van der Waals surface area (Å²) in [6, 6.07) is 0. The van der Waals surface area contributed by atoms with Crippen LogP contribution in [0.2, 0.25) is 0 Å². The van der Waals surface area contributed by atoms with Gasteiger partial charge in [-0.15, -0.1) is 0 Å². The first-order valence-electron chi connectivity index (χ1n) is 7.63. The number of hydrogen-bond acceptors (Lipinski definition) is 7. The Hall–Kier alpha value is -1.63. The molecule has 1 aromatic rings. The van der Waals surface area contributed by atoms with Crippen LogP contribution in [-0.4, -0.2) is 54.3 Å². The van der Waals surface area contributed by atoms with Gasteiger partial charge in [-0.2, -0.15) is 15.0 Å². The second-order valence-electron chi connectivity index (χ2n) is 5.45. The van der Waals surface area contributed by atoms with Gasteiger partial charge in [0.05, 0.1) is 6.10 Å². The second kappa shape index (κ2) is 6.89. The van der Waals surface area contributed by atoms with Gasteiger partial charge in [-0.25, -0.2) is 0 Å². The highest BCUT2D eigenvalue weighted by Crippen LogP contribution is 2.24. The maximum Gasteiger partial charge on any atom is 0.232 e. The van der Waals surface area contributed by atoms with E-state index in [4.69, 9.17) is 10.5 Å². The van der Waals surface area contributed by atoms with E-state index in [1.165, 1.54) is 0 Å². The lowest BCUT2D eigenvalue weighted by Gasteiger charge is -2.36. The van der Waals surface area contributed by atoms with Gasteiger partial charge in [0.2, 0.25) is 17.8 Å². The van der Waals surface area contributed by atoms with Crippen LogP contribution in [-0.2, 0) is 4.74 Å². The minimum Gasteiger partial charge on any atom is -0.379 e. The van der Waals surface area contributed by atoms with Crippen molar-refractivity contribution in [3.05, 3.63) is 0 Å². The molecule has 0 bridgehead atoms. The first-order chi connectivity index (χ1) is 10.1. The molecule has 2 heterocycles. The van der Waals surface area contributed by atoms with Crippen LogP contribution in [0, 0.1) is 5.92 Å². The van der Waals surface area contributed by atoms with Crippen molar-refractivity contribution in [1.29, 1.82) is 0 Å². The lowest BCUT2D eigenvalue weighted by Crippen LogP contribution is -2.44. The summed E-state index contributed by atoms with van der Waals surface area (Å²) in [5, 5.41) is 0. The molecule has 21 heavy (non-hydrogen) atoms. The minimum absolute atomic E-state index is 0.202. The highest BCUT2D eigenvalue weighted by molar-refractivity contribution is 5.43. The van der Waals surface area contributed by atoms with Crippen molar-refractivity contribution in [3.63, 3.8) is 0 Å². The van der Waals surface area contributed by atoms with Gasteiger partial charge in [0, 0.05) is 33.3 Å². The molecule has 0 saturated carbocycles. The largest absolute Gasteiger partial charge is 0.379 e. The van der Waals surface area contributed by atoms with Crippen LogP contribution >= 0.6 is 0 Å². The predicted molar refractivity (Wildman–Crippen MR) is 84.6 cm³/mol. The van der Waals surface area contributed by atoms with Gasteiger partial charge in [0.1, 0.15) is 0 Å². The van der Waals surface area contributed by atoms with Crippen molar-refractivity contribution >= 4 is 17.8 Å². The molecule has 7 nitrogen and oxygen atoms in total. The molecule has 118 valence electrons. The molecule has 0 spiro atoms. The molecular weight excluding hydrogens is 268 g/mol. The van der Waals surface area contributed by atoms with Gasteiger partial charge in [-0.05, 0) is 26.2 Å². The number of nitrogens with two attached hydrogens (primary N) is 1. The van der Waals surface area contributed by atoms with Crippen molar-refractivity contribution in [3.8, 4) is 0 Å². The van der Waals surface area contributed by atoms with E-state index < -0.39 is 0 Å². The first-order valence-corrected chi connectivity index (χ1v) is 7.63. The Bertz CT molecular complexity index is 465. The first kappa shape index (κ1) is 15.8. The molecule has 1 aliphatic rings. The normalized spacial score (nSPS) is 22.4. The number of piperidine rings is 1. The molecule has 0 amide bonds. The molecule has 1 fully saturated rings. The fourth-order valence-corrected chi connectivity index (χ4v) is 2.68. The third-order valence-electron chi connectivity index (χ3n) is 4.15. The molecule has 2 rings (SSSR count). The highest BCUT2D eigenvalue weighted by Gasteiger charge is 2.28. The summed E-state index contributed by atoms with van der Waals surface area (Å²) in [5.74, 6) is 2.12. The zero-order chi connectivity index (χ0) is 15.4. The van der Waals surface area contributed by atoms with Crippen LogP contribution in [0.5, 0.6) is 0 Å². The van der Waals surface area contributed by atoms with Gasteiger partial charge in [0.15, 0.2) is 0 Å². The molecular formula is C14H26N6O. The Balaban J connectivity index is 2.23. The van der Waals surface area contributed by atoms with E-state index >= 15 is 0 Å². The standard InChI is InChI=1S/C14H26N6O/c1-5-19(6-2)13-16-12(15)17-14(18-13)20-8-7-10(3)11(9-20)21-4/h10-11H,5-9H2,1-4H3,(H2,15,16,17,18). The molecule has 1 saturated heterocycles. The predicted octanol–water partition coefficient (Wildman–Crippen LogP) is 1.16. The summed E-state index contributed by atoms with van der Waals surface area (Å²) >= 11 is 0. The molecule has 0 aliphatic carbocycles. The second-order valence-corrected chi connectivity index (χ2v) is 5.45. The van der Waals surface area contributed by atoms with E-state index in [2.05, 4.69) is 45.5 Å². The SMILES string of the molecule is CCN(CC)c1nc(N)nc(N2CCC(C)C(OC)C2)n1. The van der Waals surface area contributed by atoms with Crippen molar-refractivity contribution in [2.24, 2.45) is 5.92 Å². The molecule has 2 N–H and O–H groups in total. The van der Waals surface area contributed by atoms with E-state index in [9.17, 15) is 0 Å². The molecule has 7 heteroatoms. The number of aromatic nitrogens is 3. The van der Waals surface area contributed by atoms with Crippen molar-refractivity contribution in [2.45, 2.75) is 33.3 Å². The summed E-state index contributed by atoms with van der Waals surface area (Å²) in [4.78, 5) is 17.3. The number of nitrogens with zero attached hydrogens (tertiary/aromatic N) is 5. The molecule has 1 aliphatic heterocycles. The number of anilines is 3. The van der Waals surface area contributed by atoms with Gasteiger partial charge in [-0.3, -0.25) is 0 Å². The van der Waals surface area contributed by atoms with Crippen LogP contribution in [0.1, 0.15) is 27.2 Å². The topological polar surface area (TPSA) is 80.4 Å². The number of ether oxygens (including phenoxy) is 1. The number of methoxy groups -OCH3 is 1. The maximum absolute atomic E-state index is 5.86. The minimum atomic E-state index is 0.202. The summed E-state index contributed by atoms with van der Waals surface area (Å²) in [6.07, 6.45) is 1.26. The van der Waals surface area contributed by atoms with Gasteiger partial charge in [-0.1, -0.05) is 6.92 Å². The Morgan fingerprint density at radius 1 is 1.29 bits per heavy atom. The summed E-state index contributed by atoms with van der Waals surface area (Å²) in [5.41, 5.74) is 5.86. The molecule has 0 aromatic carbocycles. The Morgan fingerprint density at radius 2 is 2.00 bits per heavy atom. The Labute approximate surface area is 126 Å². The highest BCUT2D eigenvalue weighted by atomic mass is 16.5. The monoisotopic (exact) mass is 294 g/mol. The quantitative estimate of drug-likeness (QED) is 0.872.